The predicted octanol–water partition coefficient (Wildman–Crippen LogP) is 4.78. The van der Waals surface area contributed by atoms with Gasteiger partial charge in [0.25, 0.3) is 10.0 Å². The Morgan fingerprint density at radius 3 is 2.12 bits per heavy atom. The lowest BCUT2D eigenvalue weighted by Gasteiger charge is -2.33. The first-order valence-corrected chi connectivity index (χ1v) is 14.9. The van der Waals surface area contributed by atoms with Gasteiger partial charge in [0.2, 0.25) is 11.8 Å². The van der Waals surface area contributed by atoms with Crippen molar-refractivity contribution in [3.8, 4) is 5.75 Å². The van der Waals surface area contributed by atoms with Crippen molar-refractivity contribution in [2.45, 2.75) is 51.6 Å². The Balaban J connectivity index is 2.05. The van der Waals surface area contributed by atoms with Gasteiger partial charge in [-0.25, -0.2) is 8.42 Å². The third-order valence-corrected chi connectivity index (χ3v) is 8.43. The topological polar surface area (TPSA) is 96.0 Å². The van der Waals surface area contributed by atoms with Crippen LogP contribution in [0.4, 0.5) is 5.69 Å². The lowest BCUT2D eigenvalue weighted by molar-refractivity contribution is -0.140. The summed E-state index contributed by atoms with van der Waals surface area (Å²) in [5, 5.41) is 2.94. The summed E-state index contributed by atoms with van der Waals surface area (Å²) in [5.74, 6) is 0.0508. The van der Waals surface area contributed by atoms with Crippen LogP contribution in [0.1, 0.15) is 38.3 Å². The maximum atomic E-state index is 14.1. The van der Waals surface area contributed by atoms with Crippen LogP contribution in [0, 0.1) is 12.8 Å². The maximum absolute atomic E-state index is 14.1. The standard InChI is InChI=1S/C31H39N3O5S/c1-6-29(31(36)32-20-23(2)3)33(21-25-13-11-10-12-24(25)4)30(35)22-34(26-16-18-27(39-5)19-17-26)40(37,38)28-14-8-7-9-15-28/h7-19,23,29H,6,20-22H2,1-5H3,(H,32,36)/t29-/m1/s1. The van der Waals surface area contributed by atoms with Crippen LogP contribution in [0.15, 0.2) is 83.8 Å². The fourth-order valence-electron chi connectivity index (χ4n) is 4.31. The van der Waals surface area contributed by atoms with E-state index in [0.717, 1.165) is 15.4 Å². The molecule has 0 radical (unpaired) electrons. The van der Waals surface area contributed by atoms with Crippen molar-refractivity contribution in [1.29, 1.82) is 0 Å². The number of anilines is 1. The summed E-state index contributed by atoms with van der Waals surface area (Å²) >= 11 is 0. The van der Waals surface area contributed by atoms with Gasteiger partial charge in [-0.1, -0.05) is 63.2 Å². The highest BCUT2D eigenvalue weighted by Gasteiger charge is 2.33. The van der Waals surface area contributed by atoms with Gasteiger partial charge in [-0.3, -0.25) is 13.9 Å². The van der Waals surface area contributed by atoms with E-state index in [1.807, 2.05) is 52.0 Å². The highest BCUT2D eigenvalue weighted by molar-refractivity contribution is 7.92. The zero-order valence-electron chi connectivity index (χ0n) is 23.8. The minimum atomic E-state index is -4.11. The molecule has 1 atom stereocenters. The number of ether oxygens (including phenoxy) is 1. The molecule has 0 saturated heterocycles. The van der Waals surface area contributed by atoms with Crippen molar-refractivity contribution < 1.29 is 22.7 Å². The fraction of sp³-hybridized carbons (Fsp3) is 0.355. The molecule has 0 aliphatic carbocycles. The second-order valence-electron chi connectivity index (χ2n) is 10.0. The number of hydrogen-bond acceptors (Lipinski definition) is 5. The summed E-state index contributed by atoms with van der Waals surface area (Å²) in [4.78, 5) is 29.0. The molecule has 0 spiro atoms. The molecule has 0 aliphatic rings. The van der Waals surface area contributed by atoms with Gasteiger partial charge in [0, 0.05) is 13.1 Å². The molecule has 2 amide bonds. The van der Waals surface area contributed by atoms with E-state index in [0.29, 0.717) is 24.4 Å². The zero-order valence-corrected chi connectivity index (χ0v) is 24.6. The summed E-state index contributed by atoms with van der Waals surface area (Å²) < 4.78 is 34.0. The van der Waals surface area contributed by atoms with Gasteiger partial charge in [0.05, 0.1) is 17.7 Å². The van der Waals surface area contributed by atoms with Crippen LogP contribution in [0.25, 0.3) is 0 Å². The number of hydrogen-bond donors (Lipinski definition) is 1. The summed E-state index contributed by atoms with van der Waals surface area (Å²) in [7, 11) is -2.59. The van der Waals surface area contributed by atoms with Crippen molar-refractivity contribution in [3.63, 3.8) is 0 Å². The molecule has 0 heterocycles. The molecule has 3 aromatic carbocycles. The molecule has 0 aliphatic heterocycles. The lowest BCUT2D eigenvalue weighted by Crippen LogP contribution is -2.52. The second kappa shape index (κ2) is 14.0. The molecule has 8 nitrogen and oxygen atoms in total. The Kier molecular flexibility index (Phi) is 10.7. The highest BCUT2D eigenvalue weighted by atomic mass is 32.2. The molecule has 0 fully saturated rings. The van der Waals surface area contributed by atoms with Crippen LogP contribution in [-0.4, -0.2) is 51.4 Å². The van der Waals surface area contributed by atoms with Gasteiger partial charge < -0.3 is 15.0 Å². The van der Waals surface area contributed by atoms with E-state index in [9.17, 15) is 18.0 Å². The molecule has 0 bridgehead atoms. The SMILES string of the molecule is CC[C@H](C(=O)NCC(C)C)N(Cc1ccccc1C)C(=O)CN(c1ccc(OC)cc1)S(=O)(=O)c1ccccc1. The molecule has 0 aromatic heterocycles. The molecule has 9 heteroatoms. The van der Waals surface area contributed by atoms with Crippen LogP contribution in [-0.2, 0) is 26.2 Å². The zero-order chi connectivity index (χ0) is 29.3. The van der Waals surface area contributed by atoms with Crippen molar-refractivity contribution in [3.05, 3.63) is 90.0 Å². The predicted molar refractivity (Wildman–Crippen MR) is 158 cm³/mol. The van der Waals surface area contributed by atoms with Gasteiger partial charge in [0.1, 0.15) is 18.3 Å². The van der Waals surface area contributed by atoms with Crippen molar-refractivity contribution >= 4 is 27.5 Å². The van der Waals surface area contributed by atoms with Gasteiger partial charge in [-0.2, -0.15) is 0 Å². The first-order chi connectivity index (χ1) is 19.1. The average molecular weight is 566 g/mol. The van der Waals surface area contributed by atoms with Crippen molar-refractivity contribution in [2.75, 3.05) is 24.5 Å². The number of carbonyl (C=O) groups excluding carboxylic acids is 2. The Hall–Kier alpha value is -3.85. The summed E-state index contributed by atoms with van der Waals surface area (Å²) in [6.45, 7) is 7.95. The number of methoxy groups -OCH3 is 1. The number of amides is 2. The third-order valence-electron chi connectivity index (χ3n) is 6.64. The van der Waals surface area contributed by atoms with Crippen LogP contribution in [0.3, 0.4) is 0 Å². The van der Waals surface area contributed by atoms with Gasteiger partial charge in [0.15, 0.2) is 0 Å². The minimum Gasteiger partial charge on any atom is -0.497 e. The smallest absolute Gasteiger partial charge is 0.264 e. The molecule has 1 N–H and O–H groups in total. The normalized spacial score (nSPS) is 12.1. The minimum absolute atomic E-state index is 0.0609. The number of carbonyl (C=O) groups is 2. The van der Waals surface area contributed by atoms with E-state index in [2.05, 4.69) is 5.32 Å². The molecule has 0 unspecified atom stereocenters. The van der Waals surface area contributed by atoms with Crippen molar-refractivity contribution in [2.24, 2.45) is 5.92 Å². The maximum Gasteiger partial charge on any atom is 0.264 e. The molecule has 214 valence electrons. The Morgan fingerprint density at radius 2 is 1.55 bits per heavy atom. The first-order valence-electron chi connectivity index (χ1n) is 13.4. The average Bonchev–Trinajstić information content (AvgIpc) is 2.96. The summed E-state index contributed by atoms with van der Waals surface area (Å²) in [6.07, 6.45) is 0.371. The van der Waals surface area contributed by atoms with Gasteiger partial charge in [-0.15, -0.1) is 0 Å². The third kappa shape index (κ3) is 7.63. The molecule has 40 heavy (non-hydrogen) atoms. The Morgan fingerprint density at radius 1 is 0.925 bits per heavy atom. The first kappa shape index (κ1) is 30.7. The van der Waals surface area contributed by atoms with E-state index < -0.39 is 28.5 Å². The number of nitrogens with one attached hydrogen (secondary N) is 1. The van der Waals surface area contributed by atoms with Gasteiger partial charge in [-0.05, 0) is 66.8 Å². The molecule has 3 rings (SSSR count). The fourth-order valence-corrected chi connectivity index (χ4v) is 5.75. The van der Waals surface area contributed by atoms with E-state index in [-0.39, 0.29) is 23.3 Å². The number of sulfonamides is 1. The van der Waals surface area contributed by atoms with Gasteiger partial charge >= 0.3 is 0 Å². The monoisotopic (exact) mass is 565 g/mol. The van der Waals surface area contributed by atoms with Crippen LogP contribution < -0.4 is 14.4 Å². The van der Waals surface area contributed by atoms with Crippen LogP contribution in [0.2, 0.25) is 0 Å². The van der Waals surface area contributed by atoms with Crippen molar-refractivity contribution in [1.82, 2.24) is 10.2 Å². The van der Waals surface area contributed by atoms with Crippen LogP contribution >= 0.6 is 0 Å². The number of aryl methyl sites for hydroxylation is 1. The Labute approximate surface area is 238 Å². The number of benzene rings is 3. The molecule has 3 aromatic rings. The second-order valence-corrected chi connectivity index (χ2v) is 11.9. The molecular weight excluding hydrogens is 526 g/mol. The Bertz CT molecular complexity index is 1380. The van der Waals surface area contributed by atoms with E-state index >= 15 is 0 Å². The summed E-state index contributed by atoms with van der Waals surface area (Å²) in [6, 6.07) is 21.4. The number of rotatable bonds is 13. The van der Waals surface area contributed by atoms with E-state index in [1.54, 1.807) is 42.5 Å². The largest absolute Gasteiger partial charge is 0.497 e. The van der Waals surface area contributed by atoms with E-state index in [1.165, 1.54) is 24.1 Å². The molecule has 0 saturated carbocycles. The molecular formula is C31H39N3O5S. The van der Waals surface area contributed by atoms with E-state index in [4.69, 9.17) is 4.74 Å². The number of nitrogens with zero attached hydrogens (tertiary/aromatic N) is 2. The lowest BCUT2D eigenvalue weighted by atomic mass is 10.1. The summed E-state index contributed by atoms with van der Waals surface area (Å²) in [5.41, 5.74) is 2.17. The highest BCUT2D eigenvalue weighted by Crippen LogP contribution is 2.27. The quantitative estimate of drug-likeness (QED) is 0.322. The van der Waals surface area contributed by atoms with Crippen LogP contribution in [0.5, 0.6) is 5.75 Å².